The number of ether oxygens (including phenoxy) is 1. The molecule has 1 atom stereocenters. The maximum absolute atomic E-state index is 13.8. The quantitative estimate of drug-likeness (QED) is 0.733. The lowest BCUT2D eigenvalue weighted by atomic mass is 9.89. The zero-order chi connectivity index (χ0) is 15.0. The van der Waals surface area contributed by atoms with Gasteiger partial charge in [-0.1, -0.05) is 39.7 Å². The van der Waals surface area contributed by atoms with Gasteiger partial charge < -0.3 is 10.1 Å². The van der Waals surface area contributed by atoms with Crippen LogP contribution in [0.4, 0.5) is 4.39 Å². The highest BCUT2D eigenvalue weighted by Crippen LogP contribution is 2.22. The van der Waals surface area contributed by atoms with E-state index >= 15 is 0 Å². The molecule has 1 aromatic carbocycles. The topological polar surface area (TPSA) is 21.3 Å². The highest BCUT2D eigenvalue weighted by atomic mass is 19.1. The zero-order valence-corrected chi connectivity index (χ0v) is 13.2. The maximum Gasteiger partial charge on any atom is 0.165 e. The van der Waals surface area contributed by atoms with E-state index in [9.17, 15) is 4.39 Å². The average Bonchev–Trinajstić information content (AvgIpc) is 2.46. The van der Waals surface area contributed by atoms with Gasteiger partial charge in [-0.2, -0.15) is 0 Å². The number of halogens is 1. The van der Waals surface area contributed by atoms with Crippen LogP contribution in [-0.2, 0) is 6.42 Å². The Morgan fingerprint density at radius 1 is 1.20 bits per heavy atom. The highest BCUT2D eigenvalue weighted by Gasteiger charge is 2.18. The second kappa shape index (κ2) is 8.96. The summed E-state index contributed by atoms with van der Waals surface area (Å²) in [6.07, 6.45) is 4.29. The van der Waals surface area contributed by atoms with Gasteiger partial charge in [-0.3, -0.25) is 0 Å². The predicted molar refractivity (Wildman–Crippen MR) is 82.8 cm³/mol. The van der Waals surface area contributed by atoms with Crippen molar-refractivity contribution in [2.75, 3.05) is 13.7 Å². The van der Waals surface area contributed by atoms with Crippen LogP contribution in [0.5, 0.6) is 5.75 Å². The SMILES string of the molecule is CCCNC(Cc1ccc(OC)c(F)c1)C(CC)CC. The zero-order valence-electron chi connectivity index (χ0n) is 13.2. The van der Waals surface area contributed by atoms with Crippen molar-refractivity contribution in [2.24, 2.45) is 5.92 Å². The van der Waals surface area contributed by atoms with E-state index in [2.05, 4.69) is 26.1 Å². The number of hydrogen-bond donors (Lipinski definition) is 1. The van der Waals surface area contributed by atoms with Gasteiger partial charge in [0.05, 0.1) is 7.11 Å². The van der Waals surface area contributed by atoms with Gasteiger partial charge in [-0.15, -0.1) is 0 Å². The summed E-state index contributed by atoms with van der Waals surface area (Å²) in [4.78, 5) is 0. The molecule has 0 amide bonds. The normalized spacial score (nSPS) is 12.7. The second-order valence-electron chi connectivity index (χ2n) is 5.31. The molecular weight excluding hydrogens is 253 g/mol. The van der Waals surface area contributed by atoms with Crippen LogP contribution < -0.4 is 10.1 Å². The molecule has 1 aromatic rings. The summed E-state index contributed by atoms with van der Waals surface area (Å²) in [5.74, 6) is 0.671. The molecule has 0 aromatic heterocycles. The summed E-state index contributed by atoms with van der Waals surface area (Å²) in [6, 6.07) is 5.69. The summed E-state index contributed by atoms with van der Waals surface area (Å²) in [5, 5.41) is 3.61. The van der Waals surface area contributed by atoms with E-state index in [0.29, 0.717) is 17.7 Å². The first-order chi connectivity index (χ1) is 9.65. The van der Waals surface area contributed by atoms with Crippen molar-refractivity contribution < 1.29 is 9.13 Å². The fourth-order valence-electron chi connectivity index (χ4n) is 2.68. The Morgan fingerprint density at radius 3 is 2.40 bits per heavy atom. The molecule has 3 heteroatoms. The molecule has 1 unspecified atom stereocenters. The van der Waals surface area contributed by atoms with Crippen LogP contribution in [0.1, 0.15) is 45.6 Å². The number of hydrogen-bond acceptors (Lipinski definition) is 2. The van der Waals surface area contributed by atoms with E-state index in [4.69, 9.17) is 4.74 Å². The van der Waals surface area contributed by atoms with Crippen molar-refractivity contribution in [2.45, 2.75) is 52.5 Å². The number of methoxy groups -OCH3 is 1. The number of rotatable bonds is 9. The van der Waals surface area contributed by atoms with Crippen molar-refractivity contribution in [1.29, 1.82) is 0 Å². The minimum atomic E-state index is -0.274. The van der Waals surface area contributed by atoms with Gasteiger partial charge >= 0.3 is 0 Å². The Morgan fingerprint density at radius 2 is 1.90 bits per heavy atom. The monoisotopic (exact) mass is 281 g/mol. The summed E-state index contributed by atoms with van der Waals surface area (Å²) in [7, 11) is 1.49. The van der Waals surface area contributed by atoms with E-state index in [-0.39, 0.29) is 5.82 Å². The first kappa shape index (κ1) is 17.0. The minimum Gasteiger partial charge on any atom is -0.494 e. The molecule has 0 spiro atoms. The Balaban J connectivity index is 2.79. The van der Waals surface area contributed by atoms with Crippen molar-refractivity contribution in [3.05, 3.63) is 29.6 Å². The van der Waals surface area contributed by atoms with Gasteiger partial charge in [0.25, 0.3) is 0 Å². The van der Waals surface area contributed by atoms with Gasteiger partial charge in [0.2, 0.25) is 0 Å². The molecule has 1 N–H and O–H groups in total. The van der Waals surface area contributed by atoms with Crippen LogP contribution in [0.2, 0.25) is 0 Å². The van der Waals surface area contributed by atoms with E-state index < -0.39 is 0 Å². The molecule has 20 heavy (non-hydrogen) atoms. The van der Waals surface area contributed by atoms with Crippen LogP contribution in [0, 0.1) is 11.7 Å². The third-order valence-electron chi connectivity index (χ3n) is 3.95. The Labute approximate surface area is 122 Å². The van der Waals surface area contributed by atoms with Crippen LogP contribution in [0.25, 0.3) is 0 Å². The van der Waals surface area contributed by atoms with E-state index in [1.807, 2.05) is 6.07 Å². The van der Waals surface area contributed by atoms with E-state index in [1.54, 1.807) is 12.1 Å². The second-order valence-corrected chi connectivity index (χ2v) is 5.31. The molecule has 0 fully saturated rings. The molecule has 0 bridgehead atoms. The van der Waals surface area contributed by atoms with Gasteiger partial charge in [0.15, 0.2) is 11.6 Å². The first-order valence-electron chi connectivity index (χ1n) is 7.71. The minimum absolute atomic E-state index is 0.274. The molecule has 0 heterocycles. The fraction of sp³-hybridized carbons (Fsp3) is 0.647. The van der Waals surface area contributed by atoms with Gasteiger partial charge in [-0.05, 0) is 43.0 Å². The molecule has 0 aliphatic rings. The smallest absolute Gasteiger partial charge is 0.165 e. The van der Waals surface area contributed by atoms with Crippen LogP contribution in [-0.4, -0.2) is 19.7 Å². The van der Waals surface area contributed by atoms with E-state index in [1.165, 1.54) is 7.11 Å². The summed E-state index contributed by atoms with van der Waals surface area (Å²) in [5.41, 5.74) is 1.03. The van der Waals surface area contributed by atoms with Crippen molar-refractivity contribution in [1.82, 2.24) is 5.32 Å². The standard InChI is InChI=1S/C17H28FNO/c1-5-10-19-16(14(6-2)7-3)12-13-8-9-17(20-4)15(18)11-13/h8-9,11,14,16,19H,5-7,10,12H2,1-4H3. The predicted octanol–water partition coefficient (Wildman–Crippen LogP) is 4.18. The van der Waals surface area contributed by atoms with Gasteiger partial charge in [-0.25, -0.2) is 4.39 Å². The molecular formula is C17H28FNO. The molecule has 114 valence electrons. The lowest BCUT2D eigenvalue weighted by Gasteiger charge is -2.26. The van der Waals surface area contributed by atoms with Crippen LogP contribution in [0.3, 0.4) is 0 Å². The number of benzene rings is 1. The van der Waals surface area contributed by atoms with Crippen molar-refractivity contribution in [3.8, 4) is 5.75 Å². The van der Waals surface area contributed by atoms with Crippen LogP contribution >= 0.6 is 0 Å². The summed E-state index contributed by atoms with van der Waals surface area (Å²) >= 11 is 0. The third kappa shape index (κ3) is 4.78. The Hall–Kier alpha value is -1.09. The molecule has 2 nitrogen and oxygen atoms in total. The Kier molecular flexibility index (Phi) is 7.60. The van der Waals surface area contributed by atoms with Crippen molar-refractivity contribution >= 4 is 0 Å². The van der Waals surface area contributed by atoms with E-state index in [0.717, 1.165) is 37.8 Å². The summed E-state index contributed by atoms with van der Waals surface area (Å²) in [6.45, 7) is 7.64. The number of nitrogens with one attached hydrogen (secondary N) is 1. The molecule has 0 radical (unpaired) electrons. The first-order valence-corrected chi connectivity index (χ1v) is 7.71. The molecule has 0 saturated carbocycles. The summed E-state index contributed by atoms with van der Waals surface area (Å²) < 4.78 is 18.7. The van der Waals surface area contributed by atoms with Crippen LogP contribution in [0.15, 0.2) is 18.2 Å². The Bertz CT molecular complexity index is 391. The fourth-order valence-corrected chi connectivity index (χ4v) is 2.68. The molecule has 1 rings (SSSR count). The molecule has 0 aliphatic heterocycles. The average molecular weight is 281 g/mol. The lowest BCUT2D eigenvalue weighted by Crippen LogP contribution is -2.38. The molecule has 0 saturated heterocycles. The van der Waals surface area contributed by atoms with Crippen molar-refractivity contribution in [3.63, 3.8) is 0 Å². The third-order valence-corrected chi connectivity index (χ3v) is 3.95. The van der Waals surface area contributed by atoms with Gasteiger partial charge in [0.1, 0.15) is 0 Å². The molecule has 0 aliphatic carbocycles. The largest absolute Gasteiger partial charge is 0.494 e. The maximum atomic E-state index is 13.8. The highest BCUT2D eigenvalue weighted by molar-refractivity contribution is 5.29. The lowest BCUT2D eigenvalue weighted by molar-refractivity contribution is 0.331. The van der Waals surface area contributed by atoms with Gasteiger partial charge in [0, 0.05) is 6.04 Å².